The molecule has 3 aromatic heterocycles. The van der Waals surface area contributed by atoms with Gasteiger partial charge in [0.25, 0.3) is 5.56 Å². The van der Waals surface area contributed by atoms with Gasteiger partial charge in [0.2, 0.25) is 5.91 Å². The van der Waals surface area contributed by atoms with Crippen molar-refractivity contribution in [2.24, 2.45) is 0 Å². The van der Waals surface area contributed by atoms with Gasteiger partial charge in [-0.25, -0.2) is 9.78 Å². The molecule has 0 aliphatic carbocycles. The second kappa shape index (κ2) is 7.67. The number of aromatic nitrogens is 4. The van der Waals surface area contributed by atoms with Crippen molar-refractivity contribution in [1.29, 1.82) is 0 Å². The van der Waals surface area contributed by atoms with E-state index in [0.717, 1.165) is 16.3 Å². The lowest BCUT2D eigenvalue weighted by Gasteiger charge is -2.05. The highest BCUT2D eigenvalue weighted by molar-refractivity contribution is 7.13. The monoisotopic (exact) mass is 357 g/mol. The van der Waals surface area contributed by atoms with Gasteiger partial charge in [0.05, 0.1) is 12.2 Å². The third-order valence-electron chi connectivity index (χ3n) is 3.42. The standard InChI is InChI=1S/C16H15N5O3S/c22-13(3-7-21-8-4-14(23)20-16(21)24)18-9-12-10-25-15(19-12)11-1-5-17-6-2-11/h1-2,4-6,8,10H,3,7,9H2,(H,18,22)(H,20,23,24). The van der Waals surface area contributed by atoms with Crippen LogP contribution in [0.5, 0.6) is 0 Å². The first kappa shape index (κ1) is 16.8. The van der Waals surface area contributed by atoms with Crippen LogP contribution < -0.4 is 16.6 Å². The Balaban J connectivity index is 1.52. The first-order chi connectivity index (χ1) is 12.1. The molecule has 0 aliphatic heterocycles. The number of rotatable bonds is 6. The van der Waals surface area contributed by atoms with Crippen LogP contribution in [0.3, 0.4) is 0 Å². The Morgan fingerprint density at radius 1 is 1.24 bits per heavy atom. The number of nitrogens with zero attached hydrogens (tertiary/aromatic N) is 3. The molecule has 3 aromatic rings. The zero-order chi connectivity index (χ0) is 17.6. The van der Waals surface area contributed by atoms with Crippen molar-refractivity contribution in [1.82, 2.24) is 24.8 Å². The molecule has 1 amide bonds. The third kappa shape index (κ3) is 4.48. The summed E-state index contributed by atoms with van der Waals surface area (Å²) in [6.07, 6.45) is 4.91. The molecule has 0 radical (unpaired) electrons. The van der Waals surface area contributed by atoms with E-state index in [1.807, 2.05) is 17.5 Å². The van der Waals surface area contributed by atoms with Gasteiger partial charge in [0.15, 0.2) is 0 Å². The van der Waals surface area contributed by atoms with E-state index >= 15 is 0 Å². The highest BCUT2D eigenvalue weighted by Gasteiger charge is 2.07. The number of H-pyrrole nitrogens is 1. The molecule has 2 N–H and O–H groups in total. The SMILES string of the molecule is O=C(CCn1ccc(=O)[nH]c1=O)NCc1csc(-c2ccncc2)n1. The Morgan fingerprint density at radius 3 is 2.80 bits per heavy atom. The van der Waals surface area contributed by atoms with Crippen LogP contribution in [0.1, 0.15) is 12.1 Å². The van der Waals surface area contributed by atoms with Gasteiger partial charge in [-0.3, -0.25) is 19.6 Å². The van der Waals surface area contributed by atoms with Gasteiger partial charge in [0, 0.05) is 48.6 Å². The fourth-order valence-electron chi connectivity index (χ4n) is 2.14. The van der Waals surface area contributed by atoms with Crippen LogP contribution in [0, 0.1) is 0 Å². The van der Waals surface area contributed by atoms with Gasteiger partial charge in [-0.05, 0) is 12.1 Å². The molecular weight excluding hydrogens is 342 g/mol. The molecule has 9 heteroatoms. The zero-order valence-electron chi connectivity index (χ0n) is 13.1. The summed E-state index contributed by atoms with van der Waals surface area (Å²) in [5, 5.41) is 5.53. The van der Waals surface area contributed by atoms with Crippen LogP contribution in [0.4, 0.5) is 0 Å². The Kier molecular flexibility index (Phi) is 5.14. The Labute approximate surface area is 146 Å². The summed E-state index contributed by atoms with van der Waals surface area (Å²) in [6, 6.07) is 5.00. The van der Waals surface area contributed by atoms with Crippen molar-refractivity contribution >= 4 is 17.2 Å². The molecule has 0 aliphatic rings. The number of amides is 1. The first-order valence-corrected chi connectivity index (χ1v) is 8.41. The molecule has 0 saturated carbocycles. The van der Waals surface area contributed by atoms with Crippen LogP contribution in [0.25, 0.3) is 10.6 Å². The fourth-order valence-corrected chi connectivity index (χ4v) is 2.96. The maximum Gasteiger partial charge on any atom is 0.328 e. The van der Waals surface area contributed by atoms with Gasteiger partial charge >= 0.3 is 5.69 Å². The number of aryl methyl sites for hydroxylation is 1. The molecule has 0 unspecified atom stereocenters. The molecule has 128 valence electrons. The Bertz CT molecular complexity index is 977. The van der Waals surface area contributed by atoms with Crippen molar-refractivity contribution in [2.75, 3.05) is 0 Å². The summed E-state index contributed by atoms with van der Waals surface area (Å²) in [7, 11) is 0. The van der Waals surface area contributed by atoms with Crippen LogP contribution in [0.15, 0.2) is 51.8 Å². The highest BCUT2D eigenvalue weighted by atomic mass is 32.1. The average molecular weight is 357 g/mol. The highest BCUT2D eigenvalue weighted by Crippen LogP contribution is 2.22. The van der Waals surface area contributed by atoms with Crippen molar-refractivity contribution in [3.8, 4) is 10.6 Å². The maximum atomic E-state index is 11.9. The van der Waals surface area contributed by atoms with E-state index in [0.29, 0.717) is 6.54 Å². The van der Waals surface area contributed by atoms with Crippen molar-refractivity contribution in [2.45, 2.75) is 19.5 Å². The van der Waals surface area contributed by atoms with Crippen LogP contribution >= 0.6 is 11.3 Å². The van der Waals surface area contributed by atoms with E-state index in [1.54, 1.807) is 12.4 Å². The number of carbonyl (C=O) groups is 1. The molecule has 8 nitrogen and oxygen atoms in total. The largest absolute Gasteiger partial charge is 0.350 e. The predicted molar refractivity (Wildman–Crippen MR) is 93.1 cm³/mol. The minimum Gasteiger partial charge on any atom is -0.350 e. The number of nitrogens with one attached hydrogen (secondary N) is 2. The first-order valence-electron chi connectivity index (χ1n) is 7.53. The number of thiazole rings is 1. The zero-order valence-corrected chi connectivity index (χ0v) is 14.0. The lowest BCUT2D eigenvalue weighted by molar-refractivity contribution is -0.121. The normalized spacial score (nSPS) is 10.6. The summed E-state index contributed by atoms with van der Waals surface area (Å²) in [4.78, 5) is 45.0. The van der Waals surface area contributed by atoms with Gasteiger partial charge in [-0.15, -0.1) is 11.3 Å². The topological polar surface area (TPSA) is 110 Å². The molecule has 0 saturated heterocycles. The van der Waals surface area contributed by atoms with E-state index < -0.39 is 11.2 Å². The Morgan fingerprint density at radius 2 is 2.04 bits per heavy atom. The predicted octanol–water partition coefficient (Wildman–Crippen LogP) is 0.762. The lowest BCUT2D eigenvalue weighted by Crippen LogP contribution is -2.31. The third-order valence-corrected chi connectivity index (χ3v) is 4.36. The minimum absolute atomic E-state index is 0.132. The molecule has 0 fully saturated rings. The fraction of sp³-hybridized carbons (Fsp3) is 0.188. The second-order valence-electron chi connectivity index (χ2n) is 5.21. The van der Waals surface area contributed by atoms with Crippen LogP contribution in [0.2, 0.25) is 0 Å². The van der Waals surface area contributed by atoms with Gasteiger partial charge in [0.1, 0.15) is 5.01 Å². The van der Waals surface area contributed by atoms with E-state index in [1.165, 1.54) is 28.2 Å². The van der Waals surface area contributed by atoms with E-state index in [-0.39, 0.29) is 18.9 Å². The molecule has 0 atom stereocenters. The molecule has 0 bridgehead atoms. The van der Waals surface area contributed by atoms with E-state index in [2.05, 4.69) is 20.3 Å². The van der Waals surface area contributed by atoms with Crippen LogP contribution in [-0.2, 0) is 17.9 Å². The molecule has 3 rings (SSSR count). The summed E-state index contributed by atoms with van der Waals surface area (Å²) in [6.45, 7) is 0.516. The van der Waals surface area contributed by atoms with Gasteiger partial charge in [-0.2, -0.15) is 0 Å². The molecule has 3 heterocycles. The molecule has 0 aromatic carbocycles. The second-order valence-corrected chi connectivity index (χ2v) is 6.07. The smallest absolute Gasteiger partial charge is 0.328 e. The quantitative estimate of drug-likeness (QED) is 0.677. The number of hydrogen-bond donors (Lipinski definition) is 2. The van der Waals surface area contributed by atoms with Crippen LogP contribution in [-0.4, -0.2) is 25.4 Å². The molecular formula is C16H15N5O3S. The Hall–Kier alpha value is -3.07. The molecule has 0 spiro atoms. The van der Waals surface area contributed by atoms with Crippen molar-refractivity contribution in [3.05, 3.63) is 68.7 Å². The minimum atomic E-state index is -0.526. The summed E-state index contributed by atoms with van der Waals surface area (Å²) in [5.74, 6) is -0.198. The summed E-state index contributed by atoms with van der Waals surface area (Å²) >= 11 is 1.50. The van der Waals surface area contributed by atoms with Crippen molar-refractivity contribution in [3.63, 3.8) is 0 Å². The average Bonchev–Trinajstić information content (AvgIpc) is 3.09. The van der Waals surface area contributed by atoms with E-state index in [4.69, 9.17) is 0 Å². The lowest BCUT2D eigenvalue weighted by atomic mass is 10.3. The van der Waals surface area contributed by atoms with Crippen molar-refractivity contribution < 1.29 is 4.79 Å². The van der Waals surface area contributed by atoms with Gasteiger partial charge < -0.3 is 9.88 Å². The number of pyridine rings is 1. The summed E-state index contributed by atoms with van der Waals surface area (Å²) in [5.41, 5.74) is 0.766. The molecule has 25 heavy (non-hydrogen) atoms. The number of aromatic amines is 1. The summed E-state index contributed by atoms with van der Waals surface area (Å²) < 4.78 is 1.28. The number of carbonyl (C=O) groups excluding carboxylic acids is 1. The maximum absolute atomic E-state index is 11.9. The number of hydrogen-bond acceptors (Lipinski definition) is 6. The van der Waals surface area contributed by atoms with E-state index in [9.17, 15) is 14.4 Å². The van der Waals surface area contributed by atoms with Gasteiger partial charge in [-0.1, -0.05) is 0 Å².